The molecule has 316 valence electrons. The van der Waals surface area contributed by atoms with Gasteiger partial charge in [-0.3, -0.25) is 9.59 Å². The average molecular weight is 779 g/mol. The lowest BCUT2D eigenvalue weighted by atomic mass is 10.1. The maximum Gasteiger partial charge on any atom is 0.306 e. The van der Waals surface area contributed by atoms with E-state index >= 15 is 0 Å². The van der Waals surface area contributed by atoms with E-state index in [0.717, 1.165) is 71.0 Å². The van der Waals surface area contributed by atoms with Gasteiger partial charge in [0.25, 0.3) is 5.17 Å². The Morgan fingerprint density at radius 3 is 1.37 bits per heavy atom. The molecular weight excluding hydrogens is 693 g/mol. The fourth-order valence-electron chi connectivity index (χ4n) is 6.37. The molecule has 1 N–H and O–H groups in total. The molecule has 54 heavy (non-hydrogen) atoms. The quantitative estimate of drug-likeness (QED) is 0.0285. The average Bonchev–Trinajstić information content (AvgIpc) is 3.17. The molecular formula is C46H86N2O5S. The van der Waals surface area contributed by atoms with Crippen LogP contribution >= 0.6 is 12.2 Å². The van der Waals surface area contributed by atoms with Crippen molar-refractivity contribution in [2.45, 2.75) is 214 Å². The van der Waals surface area contributed by atoms with Gasteiger partial charge in [0.05, 0.1) is 0 Å². The summed E-state index contributed by atoms with van der Waals surface area (Å²) in [6, 6.07) is 0. The zero-order chi connectivity index (χ0) is 39.6. The standard InChI is InChI=1S/C46H86N2O5S/c1-5-9-11-13-15-17-19-21-23-25-27-29-31-33-35-37-44(49)51-41-43(42-52-46(54)47-39-40-48(7-3)8-4)53-45(50)38-36-34-32-30-28-26-24-22-20-18-16-14-12-10-6-2/h21-24,43H,5-20,25-42H2,1-4H3,(H,47,54)/b23-21-,24-22-. The number of likely N-dealkylation sites (N-methyl/N-ethyl adjacent to an activating group) is 1. The number of allylic oxidation sites excluding steroid dienone is 4. The van der Waals surface area contributed by atoms with Crippen LogP contribution in [0, 0.1) is 0 Å². The number of carbonyl (C=O) groups excluding carboxylic acids is 2. The van der Waals surface area contributed by atoms with Crippen molar-refractivity contribution < 1.29 is 23.8 Å². The van der Waals surface area contributed by atoms with Crippen LogP contribution in [0.3, 0.4) is 0 Å². The predicted octanol–water partition coefficient (Wildman–Crippen LogP) is 12.7. The minimum absolute atomic E-state index is 0.0237. The first-order valence-electron chi connectivity index (χ1n) is 22.7. The predicted molar refractivity (Wildman–Crippen MR) is 234 cm³/mol. The van der Waals surface area contributed by atoms with Crippen molar-refractivity contribution in [1.82, 2.24) is 10.2 Å². The Kier molecular flexibility index (Phi) is 40.7. The highest BCUT2D eigenvalue weighted by Crippen LogP contribution is 2.13. The molecule has 0 radical (unpaired) electrons. The number of esters is 2. The van der Waals surface area contributed by atoms with E-state index in [2.05, 4.69) is 62.2 Å². The normalized spacial score (nSPS) is 12.2. The third kappa shape index (κ3) is 38.3. The summed E-state index contributed by atoms with van der Waals surface area (Å²) in [6.45, 7) is 12.3. The van der Waals surface area contributed by atoms with Gasteiger partial charge in [-0.1, -0.05) is 155 Å². The van der Waals surface area contributed by atoms with Gasteiger partial charge in [0.15, 0.2) is 6.10 Å². The Bertz CT molecular complexity index is 908. The van der Waals surface area contributed by atoms with Gasteiger partial charge in [-0.25, -0.2) is 0 Å². The minimum atomic E-state index is -0.693. The van der Waals surface area contributed by atoms with Gasteiger partial charge in [-0.2, -0.15) is 0 Å². The van der Waals surface area contributed by atoms with Crippen LogP contribution in [0.4, 0.5) is 0 Å². The lowest BCUT2D eigenvalue weighted by Crippen LogP contribution is -2.37. The summed E-state index contributed by atoms with van der Waals surface area (Å²) in [6.07, 6.45) is 40.9. The highest BCUT2D eigenvalue weighted by molar-refractivity contribution is 7.80. The molecule has 0 fully saturated rings. The summed E-state index contributed by atoms with van der Waals surface area (Å²) in [4.78, 5) is 27.6. The molecule has 0 aromatic carbocycles. The van der Waals surface area contributed by atoms with Crippen LogP contribution in [-0.4, -0.2) is 67.5 Å². The van der Waals surface area contributed by atoms with Gasteiger partial charge in [0.1, 0.15) is 13.2 Å². The van der Waals surface area contributed by atoms with E-state index in [1.165, 1.54) is 116 Å². The topological polar surface area (TPSA) is 77.1 Å². The van der Waals surface area contributed by atoms with Gasteiger partial charge in [-0.05, 0) is 89.5 Å². The van der Waals surface area contributed by atoms with Crippen LogP contribution in [0.25, 0.3) is 0 Å². The van der Waals surface area contributed by atoms with Gasteiger partial charge in [-0.15, -0.1) is 0 Å². The van der Waals surface area contributed by atoms with Gasteiger partial charge in [0, 0.05) is 25.9 Å². The van der Waals surface area contributed by atoms with Crippen molar-refractivity contribution in [3.63, 3.8) is 0 Å². The summed E-state index contributed by atoms with van der Waals surface area (Å²) >= 11 is 5.36. The van der Waals surface area contributed by atoms with E-state index in [4.69, 9.17) is 26.4 Å². The van der Waals surface area contributed by atoms with Gasteiger partial charge in [0.2, 0.25) is 0 Å². The smallest absolute Gasteiger partial charge is 0.306 e. The molecule has 0 spiro atoms. The fourth-order valence-corrected chi connectivity index (χ4v) is 6.54. The zero-order valence-electron chi connectivity index (χ0n) is 35.8. The second kappa shape index (κ2) is 42.2. The SMILES string of the molecule is CCCCCCCC/C=C\CCCCCCCC(=O)OCC(COC(=S)NCCN(CC)CC)OC(=O)CCCCCCC/C=C\CCCCCCCC. The van der Waals surface area contributed by atoms with Crippen LogP contribution in [0.2, 0.25) is 0 Å². The van der Waals surface area contributed by atoms with E-state index in [1.54, 1.807) is 0 Å². The van der Waals surface area contributed by atoms with Crippen molar-refractivity contribution in [1.29, 1.82) is 0 Å². The van der Waals surface area contributed by atoms with Crippen LogP contribution < -0.4 is 5.32 Å². The molecule has 0 aliphatic rings. The molecule has 0 aromatic rings. The summed E-state index contributed by atoms with van der Waals surface area (Å²) in [5.41, 5.74) is 0. The van der Waals surface area contributed by atoms with Gasteiger partial charge >= 0.3 is 11.9 Å². The molecule has 1 unspecified atom stereocenters. The minimum Gasteiger partial charge on any atom is -0.467 e. The van der Waals surface area contributed by atoms with Gasteiger partial charge < -0.3 is 24.4 Å². The molecule has 0 saturated heterocycles. The number of rotatable bonds is 40. The molecule has 0 amide bonds. The van der Waals surface area contributed by atoms with Crippen molar-refractivity contribution in [2.24, 2.45) is 0 Å². The Morgan fingerprint density at radius 2 is 0.926 bits per heavy atom. The summed E-state index contributed by atoms with van der Waals surface area (Å²) < 4.78 is 17.0. The summed E-state index contributed by atoms with van der Waals surface area (Å²) in [5, 5.41) is 3.39. The van der Waals surface area contributed by atoms with Crippen molar-refractivity contribution in [3.05, 3.63) is 24.3 Å². The second-order valence-corrected chi connectivity index (χ2v) is 15.4. The third-order valence-electron chi connectivity index (χ3n) is 10.0. The number of nitrogens with one attached hydrogen (secondary N) is 1. The Balaban J connectivity index is 4.31. The number of hydrogen-bond acceptors (Lipinski definition) is 7. The first-order chi connectivity index (χ1) is 26.5. The van der Waals surface area contributed by atoms with Crippen molar-refractivity contribution in [2.75, 3.05) is 39.4 Å². The lowest BCUT2D eigenvalue weighted by Gasteiger charge is -2.21. The molecule has 1 atom stereocenters. The Morgan fingerprint density at radius 1 is 0.537 bits per heavy atom. The van der Waals surface area contributed by atoms with E-state index in [9.17, 15) is 9.59 Å². The molecule has 8 heteroatoms. The number of hydrogen-bond donors (Lipinski definition) is 1. The van der Waals surface area contributed by atoms with Crippen LogP contribution in [0.1, 0.15) is 207 Å². The first-order valence-corrected chi connectivity index (χ1v) is 23.1. The highest BCUT2D eigenvalue weighted by atomic mass is 32.1. The summed E-state index contributed by atoms with van der Waals surface area (Å²) in [7, 11) is 0. The zero-order valence-corrected chi connectivity index (χ0v) is 36.6. The maximum atomic E-state index is 12.7. The summed E-state index contributed by atoms with van der Waals surface area (Å²) in [5.74, 6) is -0.541. The van der Waals surface area contributed by atoms with Crippen molar-refractivity contribution in [3.8, 4) is 0 Å². The first kappa shape index (κ1) is 52.1. The van der Waals surface area contributed by atoms with E-state index in [0.29, 0.717) is 19.4 Å². The number of thiocarbonyl (C=S) groups is 1. The maximum absolute atomic E-state index is 12.7. The fraction of sp³-hybridized carbons (Fsp3) is 0.848. The van der Waals surface area contributed by atoms with E-state index in [1.807, 2.05) is 0 Å². The molecule has 0 aromatic heterocycles. The number of nitrogens with zero attached hydrogens (tertiary/aromatic N) is 1. The molecule has 0 bridgehead atoms. The lowest BCUT2D eigenvalue weighted by molar-refractivity contribution is -0.161. The number of unbranched alkanes of at least 4 members (excludes halogenated alkanes) is 22. The molecule has 7 nitrogen and oxygen atoms in total. The van der Waals surface area contributed by atoms with Crippen LogP contribution in [0.5, 0.6) is 0 Å². The second-order valence-electron chi connectivity index (χ2n) is 15.0. The largest absolute Gasteiger partial charge is 0.467 e. The molecule has 0 aliphatic carbocycles. The number of carbonyl (C=O) groups is 2. The molecule has 0 aliphatic heterocycles. The Hall–Kier alpha value is -1.93. The van der Waals surface area contributed by atoms with E-state index in [-0.39, 0.29) is 30.3 Å². The van der Waals surface area contributed by atoms with Crippen LogP contribution in [-0.2, 0) is 23.8 Å². The van der Waals surface area contributed by atoms with Crippen molar-refractivity contribution >= 4 is 29.3 Å². The highest BCUT2D eigenvalue weighted by Gasteiger charge is 2.19. The number of ether oxygens (including phenoxy) is 3. The molecule has 0 saturated carbocycles. The monoisotopic (exact) mass is 779 g/mol. The third-order valence-corrected chi connectivity index (χ3v) is 10.3. The van der Waals surface area contributed by atoms with Crippen LogP contribution in [0.15, 0.2) is 24.3 Å². The van der Waals surface area contributed by atoms with E-state index < -0.39 is 6.10 Å². The molecule has 0 heterocycles. The molecule has 0 rings (SSSR count). The Labute approximate surface area is 339 Å².